The van der Waals surface area contributed by atoms with Crippen LogP contribution in [0.3, 0.4) is 0 Å². The van der Waals surface area contributed by atoms with Gasteiger partial charge in [0.05, 0.1) is 6.61 Å². The molecule has 0 saturated carbocycles. The Labute approximate surface area is 192 Å². The summed E-state index contributed by atoms with van der Waals surface area (Å²) in [5.41, 5.74) is 7.31. The van der Waals surface area contributed by atoms with Gasteiger partial charge in [-0.1, -0.05) is 35.9 Å². The van der Waals surface area contributed by atoms with E-state index in [2.05, 4.69) is 5.32 Å². The lowest BCUT2D eigenvalue weighted by atomic mass is 10.0. The zero-order valence-corrected chi connectivity index (χ0v) is 18.7. The maximum Gasteiger partial charge on any atom is 0.328 e. The van der Waals surface area contributed by atoms with Crippen LogP contribution in [0.2, 0.25) is 5.02 Å². The molecule has 8 nitrogen and oxygen atoms in total. The third kappa shape index (κ3) is 5.99. The standard InChI is InChI=1S/C23H27ClN4O4/c1-2-32-22(30)20(17-7-9-19(24)10-8-17)27-11-13-28(14-12-27)21(29)18-5-3-16(4-6-18)15-26-23(25)31/h3-10,20H,2,11-15H2,1H3,(H3,25,26,31). The van der Waals surface area contributed by atoms with Gasteiger partial charge in [-0.15, -0.1) is 0 Å². The normalized spacial score (nSPS) is 15.1. The summed E-state index contributed by atoms with van der Waals surface area (Å²) in [5.74, 6) is -0.381. The number of urea groups is 1. The van der Waals surface area contributed by atoms with E-state index in [1.165, 1.54) is 0 Å². The number of hydrogen-bond acceptors (Lipinski definition) is 5. The van der Waals surface area contributed by atoms with E-state index in [0.29, 0.717) is 49.9 Å². The van der Waals surface area contributed by atoms with Crippen molar-refractivity contribution < 1.29 is 19.1 Å². The predicted molar refractivity (Wildman–Crippen MR) is 121 cm³/mol. The Kier molecular flexibility index (Phi) is 8.08. The molecule has 170 valence electrons. The molecule has 0 radical (unpaired) electrons. The van der Waals surface area contributed by atoms with Crippen molar-refractivity contribution in [2.45, 2.75) is 19.5 Å². The molecule has 2 aromatic rings. The average molecular weight is 459 g/mol. The fraction of sp³-hybridized carbons (Fsp3) is 0.348. The summed E-state index contributed by atoms with van der Waals surface area (Å²) in [6, 6.07) is 13.1. The van der Waals surface area contributed by atoms with Gasteiger partial charge in [0, 0.05) is 43.3 Å². The van der Waals surface area contributed by atoms with Gasteiger partial charge in [0.2, 0.25) is 0 Å². The summed E-state index contributed by atoms with van der Waals surface area (Å²) >= 11 is 6.00. The summed E-state index contributed by atoms with van der Waals surface area (Å²) in [6.07, 6.45) is 0. The molecular weight excluding hydrogens is 432 g/mol. The number of nitrogens with zero attached hydrogens (tertiary/aromatic N) is 2. The Hall–Kier alpha value is -3.10. The van der Waals surface area contributed by atoms with Crippen molar-refractivity contribution >= 4 is 29.5 Å². The van der Waals surface area contributed by atoms with E-state index >= 15 is 0 Å². The molecule has 32 heavy (non-hydrogen) atoms. The van der Waals surface area contributed by atoms with Gasteiger partial charge in [0.15, 0.2) is 0 Å². The summed E-state index contributed by atoms with van der Waals surface area (Å²) in [6.45, 7) is 4.45. The van der Waals surface area contributed by atoms with Crippen LogP contribution in [-0.2, 0) is 16.1 Å². The number of nitrogens with two attached hydrogens (primary N) is 1. The zero-order valence-electron chi connectivity index (χ0n) is 17.9. The topological polar surface area (TPSA) is 105 Å². The molecule has 3 amide bonds. The molecule has 0 spiro atoms. The number of amides is 3. The summed E-state index contributed by atoms with van der Waals surface area (Å²) in [7, 11) is 0. The van der Waals surface area contributed by atoms with Gasteiger partial charge in [-0.2, -0.15) is 0 Å². The van der Waals surface area contributed by atoms with Crippen molar-refractivity contribution in [2.75, 3.05) is 32.8 Å². The lowest BCUT2D eigenvalue weighted by molar-refractivity contribution is -0.150. The lowest BCUT2D eigenvalue weighted by Gasteiger charge is -2.38. The highest BCUT2D eigenvalue weighted by atomic mass is 35.5. The molecule has 0 aliphatic carbocycles. The van der Waals surface area contributed by atoms with Crippen molar-refractivity contribution in [2.24, 2.45) is 5.73 Å². The Morgan fingerprint density at radius 2 is 1.66 bits per heavy atom. The van der Waals surface area contributed by atoms with Gasteiger partial charge < -0.3 is 20.7 Å². The minimum atomic E-state index is -0.595. The smallest absolute Gasteiger partial charge is 0.328 e. The lowest BCUT2D eigenvalue weighted by Crippen LogP contribution is -2.51. The SMILES string of the molecule is CCOC(=O)C(c1ccc(Cl)cc1)N1CCN(C(=O)c2ccc(CNC(N)=O)cc2)CC1. The average Bonchev–Trinajstić information content (AvgIpc) is 2.80. The van der Waals surface area contributed by atoms with Crippen LogP contribution in [0, 0.1) is 0 Å². The van der Waals surface area contributed by atoms with Gasteiger partial charge in [0.25, 0.3) is 5.91 Å². The first-order valence-electron chi connectivity index (χ1n) is 10.5. The third-order valence-corrected chi connectivity index (χ3v) is 5.58. The second-order valence-electron chi connectivity index (χ2n) is 7.45. The predicted octanol–water partition coefficient (Wildman–Crippen LogP) is 2.57. The van der Waals surface area contributed by atoms with Crippen LogP contribution in [0.4, 0.5) is 4.79 Å². The van der Waals surface area contributed by atoms with Gasteiger partial charge >= 0.3 is 12.0 Å². The van der Waals surface area contributed by atoms with Crippen LogP contribution in [0.15, 0.2) is 48.5 Å². The molecular formula is C23H27ClN4O4. The molecule has 0 bridgehead atoms. The molecule has 1 heterocycles. The molecule has 1 saturated heterocycles. The molecule has 1 unspecified atom stereocenters. The third-order valence-electron chi connectivity index (χ3n) is 5.33. The number of ether oxygens (including phenoxy) is 1. The van der Waals surface area contributed by atoms with Crippen LogP contribution in [0.5, 0.6) is 0 Å². The molecule has 1 aliphatic heterocycles. The second kappa shape index (κ2) is 11.0. The van der Waals surface area contributed by atoms with Gasteiger partial charge in [-0.05, 0) is 42.3 Å². The molecule has 1 fully saturated rings. The van der Waals surface area contributed by atoms with Crippen molar-refractivity contribution in [3.63, 3.8) is 0 Å². The molecule has 1 aliphatic rings. The Morgan fingerprint density at radius 1 is 1.03 bits per heavy atom. The largest absolute Gasteiger partial charge is 0.465 e. The Morgan fingerprint density at radius 3 is 2.22 bits per heavy atom. The van der Waals surface area contributed by atoms with E-state index in [9.17, 15) is 14.4 Å². The Bertz CT molecular complexity index is 941. The number of nitrogens with one attached hydrogen (secondary N) is 1. The summed E-state index contributed by atoms with van der Waals surface area (Å²) in [5, 5.41) is 3.12. The molecule has 9 heteroatoms. The van der Waals surface area contributed by atoms with Crippen molar-refractivity contribution in [3.8, 4) is 0 Å². The molecule has 0 aromatic heterocycles. The van der Waals surface area contributed by atoms with Crippen LogP contribution in [0.25, 0.3) is 0 Å². The number of carbonyl (C=O) groups is 3. The van der Waals surface area contributed by atoms with E-state index in [1.807, 2.05) is 17.0 Å². The summed E-state index contributed by atoms with van der Waals surface area (Å²) in [4.78, 5) is 40.2. The van der Waals surface area contributed by atoms with E-state index in [4.69, 9.17) is 22.1 Å². The quantitative estimate of drug-likeness (QED) is 0.620. The number of halogens is 1. The van der Waals surface area contributed by atoms with Crippen LogP contribution in [0.1, 0.15) is 34.5 Å². The molecule has 2 aromatic carbocycles. The maximum absolute atomic E-state index is 12.9. The van der Waals surface area contributed by atoms with Crippen LogP contribution >= 0.6 is 11.6 Å². The van der Waals surface area contributed by atoms with Crippen molar-refractivity contribution in [3.05, 3.63) is 70.2 Å². The second-order valence-corrected chi connectivity index (χ2v) is 7.89. The molecule has 3 N–H and O–H groups in total. The van der Waals surface area contributed by atoms with Gasteiger partial charge in [-0.3, -0.25) is 9.69 Å². The fourth-order valence-electron chi connectivity index (χ4n) is 3.68. The number of primary amides is 1. The van der Waals surface area contributed by atoms with E-state index in [-0.39, 0.29) is 11.9 Å². The Balaban J connectivity index is 1.64. The molecule has 1 atom stereocenters. The number of hydrogen-bond donors (Lipinski definition) is 2. The first-order chi connectivity index (χ1) is 15.4. The fourth-order valence-corrected chi connectivity index (χ4v) is 3.81. The summed E-state index contributed by atoms with van der Waals surface area (Å²) < 4.78 is 5.30. The highest BCUT2D eigenvalue weighted by Gasteiger charge is 2.32. The minimum Gasteiger partial charge on any atom is -0.465 e. The number of carbonyl (C=O) groups excluding carboxylic acids is 3. The first-order valence-corrected chi connectivity index (χ1v) is 10.8. The number of esters is 1. The van der Waals surface area contributed by atoms with Crippen LogP contribution < -0.4 is 11.1 Å². The van der Waals surface area contributed by atoms with Crippen LogP contribution in [-0.4, -0.2) is 60.5 Å². The van der Waals surface area contributed by atoms with Crippen molar-refractivity contribution in [1.29, 1.82) is 0 Å². The van der Waals surface area contributed by atoms with E-state index < -0.39 is 12.1 Å². The van der Waals surface area contributed by atoms with Gasteiger partial charge in [-0.25, -0.2) is 9.59 Å². The number of piperazine rings is 1. The number of benzene rings is 2. The monoisotopic (exact) mass is 458 g/mol. The zero-order chi connectivity index (χ0) is 23.1. The highest BCUT2D eigenvalue weighted by Crippen LogP contribution is 2.26. The van der Waals surface area contributed by atoms with Crippen molar-refractivity contribution in [1.82, 2.24) is 15.1 Å². The van der Waals surface area contributed by atoms with Gasteiger partial charge in [0.1, 0.15) is 6.04 Å². The van der Waals surface area contributed by atoms with E-state index in [0.717, 1.165) is 11.1 Å². The first kappa shape index (κ1) is 23.6. The number of rotatable bonds is 7. The molecule has 3 rings (SSSR count). The maximum atomic E-state index is 12.9. The highest BCUT2D eigenvalue weighted by molar-refractivity contribution is 6.30. The van der Waals surface area contributed by atoms with E-state index in [1.54, 1.807) is 48.2 Å². The minimum absolute atomic E-state index is 0.0711.